The number of carbonyl (C=O) groups excluding carboxylic acids is 1. The quantitative estimate of drug-likeness (QED) is 0.783. The van der Waals surface area contributed by atoms with Crippen molar-refractivity contribution in [3.8, 4) is 0 Å². The van der Waals surface area contributed by atoms with Crippen molar-refractivity contribution in [2.75, 3.05) is 13.1 Å². The first kappa shape index (κ1) is 15.4. The van der Waals surface area contributed by atoms with Crippen molar-refractivity contribution < 1.29 is 4.79 Å². The molecule has 0 saturated heterocycles. The summed E-state index contributed by atoms with van der Waals surface area (Å²) in [6.45, 7) is 16.2. The second-order valence-electron chi connectivity index (χ2n) is 5.93. The van der Waals surface area contributed by atoms with E-state index < -0.39 is 0 Å². The summed E-state index contributed by atoms with van der Waals surface area (Å²) in [5, 5.41) is 2.98. The molecule has 0 saturated carbocycles. The molecule has 0 atom stereocenters. The molecule has 0 aromatic carbocycles. The fourth-order valence-electron chi connectivity index (χ4n) is 1.68. The second-order valence-corrected chi connectivity index (χ2v) is 5.93. The van der Waals surface area contributed by atoms with Crippen LogP contribution in [0, 0.1) is 5.41 Å². The Kier molecular flexibility index (Phi) is 6.01. The molecule has 0 unspecified atom stereocenters. The summed E-state index contributed by atoms with van der Waals surface area (Å²) < 4.78 is 0. The molecule has 0 aliphatic carbocycles. The molecule has 0 aromatic heterocycles. The lowest BCUT2D eigenvalue weighted by Gasteiger charge is -2.31. The predicted octanol–water partition coefficient (Wildman–Crippen LogP) is 2.27. The van der Waals surface area contributed by atoms with Gasteiger partial charge < -0.3 is 5.32 Å². The van der Waals surface area contributed by atoms with Crippen LogP contribution in [-0.4, -0.2) is 36.0 Å². The third-order valence-corrected chi connectivity index (χ3v) is 2.66. The number of nitrogens with zero attached hydrogens (tertiary/aromatic N) is 1. The largest absolute Gasteiger partial charge is 0.354 e. The van der Waals surface area contributed by atoms with Crippen molar-refractivity contribution in [2.45, 2.75) is 60.5 Å². The summed E-state index contributed by atoms with van der Waals surface area (Å²) in [5.74, 6) is 0.125. The van der Waals surface area contributed by atoms with Crippen molar-refractivity contribution in [2.24, 2.45) is 5.41 Å². The minimum absolute atomic E-state index is 0.125. The van der Waals surface area contributed by atoms with Gasteiger partial charge in [0.15, 0.2) is 0 Å². The first-order chi connectivity index (χ1) is 7.16. The lowest BCUT2D eigenvalue weighted by Crippen LogP contribution is -2.44. The molecule has 96 valence electrons. The maximum atomic E-state index is 11.7. The number of carbonyl (C=O) groups is 1. The smallest absolute Gasteiger partial charge is 0.225 e. The Morgan fingerprint density at radius 2 is 1.56 bits per heavy atom. The molecule has 0 aliphatic heterocycles. The molecular weight excluding hydrogens is 200 g/mol. The van der Waals surface area contributed by atoms with Crippen molar-refractivity contribution in [3.63, 3.8) is 0 Å². The lowest BCUT2D eigenvalue weighted by molar-refractivity contribution is -0.128. The Balaban J connectivity index is 4.01. The van der Waals surface area contributed by atoms with E-state index in [1.54, 1.807) is 0 Å². The Morgan fingerprint density at radius 1 is 1.12 bits per heavy atom. The molecule has 0 fully saturated rings. The normalized spacial score (nSPS) is 12.6. The van der Waals surface area contributed by atoms with E-state index in [0.717, 1.165) is 13.1 Å². The van der Waals surface area contributed by atoms with E-state index >= 15 is 0 Å². The highest BCUT2D eigenvalue weighted by Crippen LogP contribution is 2.12. The Labute approximate surface area is 101 Å². The van der Waals surface area contributed by atoms with Crippen LogP contribution in [-0.2, 0) is 4.79 Å². The first-order valence-corrected chi connectivity index (χ1v) is 6.20. The molecule has 0 radical (unpaired) electrons. The molecule has 0 heterocycles. The van der Waals surface area contributed by atoms with Crippen LogP contribution in [0.3, 0.4) is 0 Å². The fourth-order valence-corrected chi connectivity index (χ4v) is 1.68. The highest BCUT2D eigenvalue weighted by Gasteiger charge is 2.21. The Morgan fingerprint density at radius 3 is 1.88 bits per heavy atom. The highest BCUT2D eigenvalue weighted by atomic mass is 16.2. The van der Waals surface area contributed by atoms with Gasteiger partial charge >= 0.3 is 0 Å². The van der Waals surface area contributed by atoms with Crippen molar-refractivity contribution >= 4 is 5.91 Å². The third kappa shape index (κ3) is 5.50. The molecule has 1 N–H and O–H groups in total. The standard InChI is InChI=1S/C13H28N2O/c1-10(2)15(11(3)4)9-8-14-12(16)13(5,6)7/h10-11H,8-9H2,1-7H3,(H,14,16). The number of hydrogen-bond acceptors (Lipinski definition) is 2. The van der Waals surface area contributed by atoms with Gasteiger partial charge in [0, 0.05) is 30.6 Å². The summed E-state index contributed by atoms with van der Waals surface area (Å²) in [7, 11) is 0. The van der Waals surface area contributed by atoms with Gasteiger partial charge in [-0.1, -0.05) is 20.8 Å². The average Bonchev–Trinajstić information content (AvgIpc) is 2.08. The fraction of sp³-hybridized carbons (Fsp3) is 0.923. The van der Waals surface area contributed by atoms with E-state index in [1.165, 1.54) is 0 Å². The molecule has 0 spiro atoms. The lowest BCUT2D eigenvalue weighted by atomic mass is 9.96. The van der Waals surface area contributed by atoms with Crippen LogP contribution < -0.4 is 5.32 Å². The van der Waals surface area contributed by atoms with Crippen LogP contribution in [0.25, 0.3) is 0 Å². The summed E-state index contributed by atoms with van der Waals surface area (Å²) in [5.41, 5.74) is -0.291. The van der Waals surface area contributed by atoms with Gasteiger partial charge in [-0.15, -0.1) is 0 Å². The van der Waals surface area contributed by atoms with Gasteiger partial charge in [-0.05, 0) is 27.7 Å². The van der Waals surface area contributed by atoms with Crippen LogP contribution in [0.5, 0.6) is 0 Å². The molecule has 3 heteroatoms. The van der Waals surface area contributed by atoms with Gasteiger partial charge in [0.2, 0.25) is 5.91 Å². The molecule has 0 rings (SSSR count). The van der Waals surface area contributed by atoms with Gasteiger partial charge in [-0.2, -0.15) is 0 Å². The minimum atomic E-state index is -0.291. The minimum Gasteiger partial charge on any atom is -0.354 e. The third-order valence-electron chi connectivity index (χ3n) is 2.66. The highest BCUT2D eigenvalue weighted by molar-refractivity contribution is 5.81. The topological polar surface area (TPSA) is 32.3 Å². The van der Waals surface area contributed by atoms with E-state index in [-0.39, 0.29) is 11.3 Å². The van der Waals surface area contributed by atoms with Gasteiger partial charge in [-0.25, -0.2) is 0 Å². The van der Waals surface area contributed by atoms with Gasteiger partial charge in [-0.3, -0.25) is 9.69 Å². The molecule has 0 bridgehead atoms. The van der Waals surface area contributed by atoms with Crippen LogP contribution >= 0.6 is 0 Å². The van der Waals surface area contributed by atoms with E-state index in [4.69, 9.17) is 0 Å². The zero-order valence-electron chi connectivity index (χ0n) is 11.9. The van der Waals surface area contributed by atoms with Gasteiger partial charge in [0.1, 0.15) is 0 Å². The maximum absolute atomic E-state index is 11.7. The second kappa shape index (κ2) is 6.24. The van der Waals surface area contributed by atoms with Crippen LogP contribution in [0.2, 0.25) is 0 Å². The number of rotatable bonds is 5. The summed E-state index contributed by atoms with van der Waals surface area (Å²) in [6.07, 6.45) is 0. The van der Waals surface area contributed by atoms with E-state index in [0.29, 0.717) is 12.1 Å². The Bertz CT molecular complexity index is 208. The van der Waals surface area contributed by atoms with Gasteiger partial charge in [0.25, 0.3) is 0 Å². The molecule has 0 aliphatic rings. The van der Waals surface area contributed by atoms with Crippen molar-refractivity contribution in [1.29, 1.82) is 0 Å². The zero-order valence-corrected chi connectivity index (χ0v) is 11.9. The van der Waals surface area contributed by atoms with Crippen LogP contribution in [0.15, 0.2) is 0 Å². The first-order valence-electron chi connectivity index (χ1n) is 6.20. The number of amides is 1. The van der Waals surface area contributed by atoms with E-state index in [2.05, 4.69) is 37.9 Å². The molecule has 1 amide bonds. The number of hydrogen-bond donors (Lipinski definition) is 1. The van der Waals surface area contributed by atoms with Crippen molar-refractivity contribution in [1.82, 2.24) is 10.2 Å². The summed E-state index contributed by atoms with van der Waals surface area (Å²) in [6, 6.07) is 1.04. The molecule has 3 nitrogen and oxygen atoms in total. The van der Waals surface area contributed by atoms with Crippen molar-refractivity contribution in [3.05, 3.63) is 0 Å². The average molecular weight is 228 g/mol. The van der Waals surface area contributed by atoms with Gasteiger partial charge in [0.05, 0.1) is 0 Å². The predicted molar refractivity (Wildman–Crippen MR) is 69.4 cm³/mol. The molecular formula is C13H28N2O. The van der Waals surface area contributed by atoms with Crippen LogP contribution in [0.4, 0.5) is 0 Å². The summed E-state index contributed by atoms with van der Waals surface area (Å²) in [4.78, 5) is 14.0. The van der Waals surface area contributed by atoms with E-state index in [1.807, 2.05) is 20.8 Å². The number of nitrogens with one attached hydrogen (secondary N) is 1. The monoisotopic (exact) mass is 228 g/mol. The maximum Gasteiger partial charge on any atom is 0.225 e. The molecule has 16 heavy (non-hydrogen) atoms. The Hall–Kier alpha value is -0.570. The van der Waals surface area contributed by atoms with E-state index in [9.17, 15) is 4.79 Å². The zero-order chi connectivity index (χ0) is 12.9. The SMILES string of the molecule is CC(C)N(CCNC(=O)C(C)(C)C)C(C)C. The summed E-state index contributed by atoms with van der Waals surface area (Å²) >= 11 is 0. The van der Waals surface area contributed by atoms with Crippen LogP contribution in [0.1, 0.15) is 48.5 Å². The molecule has 0 aromatic rings.